The first-order valence-corrected chi connectivity index (χ1v) is 8.88. The largest absolute Gasteiger partial charge is 0.506 e. The second-order valence-electron chi connectivity index (χ2n) is 5.34. The minimum Gasteiger partial charge on any atom is -0.506 e. The molecule has 3 heterocycles. The number of alkyl halides is 3. The Morgan fingerprint density at radius 1 is 1.19 bits per heavy atom. The summed E-state index contributed by atoms with van der Waals surface area (Å²) < 4.78 is 64.1. The molecule has 0 spiro atoms. The topological polar surface area (TPSA) is 111 Å². The van der Waals surface area contributed by atoms with Crippen LogP contribution in [0.3, 0.4) is 0 Å². The van der Waals surface area contributed by atoms with Crippen LogP contribution in [-0.2, 0) is 23.1 Å². The number of nitrogens with zero attached hydrogens (tertiary/aromatic N) is 5. The van der Waals surface area contributed by atoms with Crippen LogP contribution in [0.1, 0.15) is 12.7 Å². The predicted molar refractivity (Wildman–Crippen MR) is 83.9 cm³/mol. The van der Waals surface area contributed by atoms with Crippen molar-refractivity contribution < 1.29 is 26.7 Å². The van der Waals surface area contributed by atoms with E-state index in [9.17, 15) is 26.7 Å². The maximum Gasteiger partial charge on any atom is 0.449 e. The maximum atomic E-state index is 13.0. The molecule has 26 heavy (non-hydrogen) atoms. The van der Waals surface area contributed by atoms with E-state index in [1.165, 1.54) is 6.92 Å². The lowest BCUT2D eigenvalue weighted by molar-refractivity contribution is -0.146. The zero-order valence-electron chi connectivity index (χ0n) is 13.5. The molecule has 0 fully saturated rings. The summed E-state index contributed by atoms with van der Waals surface area (Å²) in [4.78, 5) is 14.9. The van der Waals surface area contributed by atoms with Crippen molar-refractivity contribution in [3.05, 3.63) is 24.3 Å². The highest BCUT2D eigenvalue weighted by Crippen LogP contribution is 2.31. The number of imidazole rings is 1. The molecule has 0 unspecified atom stereocenters. The van der Waals surface area contributed by atoms with Crippen LogP contribution in [0.4, 0.5) is 13.2 Å². The molecule has 138 valence electrons. The summed E-state index contributed by atoms with van der Waals surface area (Å²) in [7, 11) is -2.64. The molecule has 0 aliphatic rings. The first-order valence-electron chi connectivity index (χ1n) is 7.23. The normalized spacial score (nSPS) is 12.7. The number of aryl methyl sites for hydroxylation is 1. The molecule has 0 radical (unpaired) electrons. The molecule has 0 amide bonds. The Bertz CT molecular complexity index is 1110. The van der Waals surface area contributed by atoms with E-state index in [1.54, 1.807) is 0 Å². The van der Waals surface area contributed by atoms with Gasteiger partial charge in [0.1, 0.15) is 21.9 Å². The highest BCUT2D eigenvalue weighted by Gasteiger charge is 2.37. The van der Waals surface area contributed by atoms with Crippen molar-refractivity contribution in [3.63, 3.8) is 0 Å². The van der Waals surface area contributed by atoms with E-state index in [2.05, 4.69) is 19.9 Å². The maximum absolute atomic E-state index is 13.0. The molecule has 3 aromatic rings. The smallest absolute Gasteiger partial charge is 0.449 e. The lowest BCUT2D eigenvalue weighted by Gasteiger charge is -2.08. The Morgan fingerprint density at radius 2 is 1.88 bits per heavy atom. The Balaban J connectivity index is 2.26. The molecule has 0 aromatic carbocycles. The van der Waals surface area contributed by atoms with E-state index in [1.807, 2.05) is 0 Å². The van der Waals surface area contributed by atoms with Crippen molar-refractivity contribution in [2.75, 3.05) is 5.75 Å². The fourth-order valence-corrected chi connectivity index (χ4v) is 3.39. The van der Waals surface area contributed by atoms with Crippen molar-refractivity contribution in [1.82, 2.24) is 24.5 Å². The minimum atomic E-state index is -4.68. The quantitative estimate of drug-likeness (QED) is 0.731. The zero-order valence-corrected chi connectivity index (χ0v) is 14.3. The monoisotopic (exact) mass is 387 g/mol. The molecule has 3 aromatic heterocycles. The van der Waals surface area contributed by atoms with Crippen molar-refractivity contribution in [2.45, 2.75) is 18.0 Å². The van der Waals surface area contributed by atoms with Gasteiger partial charge >= 0.3 is 6.18 Å². The van der Waals surface area contributed by atoms with Crippen molar-refractivity contribution in [2.24, 2.45) is 7.05 Å². The van der Waals surface area contributed by atoms with Gasteiger partial charge in [-0.2, -0.15) is 13.2 Å². The highest BCUT2D eigenvalue weighted by molar-refractivity contribution is 7.91. The summed E-state index contributed by atoms with van der Waals surface area (Å²) in [6.07, 6.45) is -2.62. The fourth-order valence-electron chi connectivity index (χ4n) is 2.34. The van der Waals surface area contributed by atoms with E-state index in [0.717, 1.165) is 30.1 Å². The van der Waals surface area contributed by atoms with Crippen LogP contribution in [0.25, 0.3) is 22.7 Å². The summed E-state index contributed by atoms with van der Waals surface area (Å²) >= 11 is 0. The summed E-state index contributed by atoms with van der Waals surface area (Å²) in [5.41, 5.74) is -0.388. The van der Waals surface area contributed by atoms with Crippen LogP contribution < -0.4 is 0 Å². The first-order chi connectivity index (χ1) is 12.0. The fraction of sp³-hybridized carbons (Fsp3) is 0.286. The zero-order chi connectivity index (χ0) is 19.3. The van der Waals surface area contributed by atoms with Gasteiger partial charge in [0.05, 0.1) is 18.1 Å². The summed E-state index contributed by atoms with van der Waals surface area (Å²) in [6, 6.07) is 0.999. The summed E-state index contributed by atoms with van der Waals surface area (Å²) in [5.74, 6) is -1.99. The van der Waals surface area contributed by atoms with Gasteiger partial charge in [0.2, 0.25) is 5.82 Å². The van der Waals surface area contributed by atoms with Gasteiger partial charge in [-0.1, -0.05) is 6.92 Å². The van der Waals surface area contributed by atoms with Gasteiger partial charge in [0, 0.05) is 13.1 Å². The number of aromatic hydroxyl groups is 1. The molecular weight excluding hydrogens is 375 g/mol. The number of pyridine rings is 1. The average Bonchev–Trinajstić information content (AvgIpc) is 2.91. The van der Waals surface area contributed by atoms with Gasteiger partial charge < -0.3 is 9.67 Å². The van der Waals surface area contributed by atoms with E-state index in [-0.39, 0.29) is 39.1 Å². The van der Waals surface area contributed by atoms with Crippen molar-refractivity contribution in [1.29, 1.82) is 0 Å². The second-order valence-corrected chi connectivity index (χ2v) is 7.58. The van der Waals surface area contributed by atoms with Crippen molar-refractivity contribution >= 4 is 21.0 Å². The van der Waals surface area contributed by atoms with Gasteiger partial charge in [0.25, 0.3) is 0 Å². The summed E-state index contributed by atoms with van der Waals surface area (Å²) in [5, 5.41) is 9.55. The molecule has 0 aliphatic carbocycles. The third kappa shape index (κ3) is 2.96. The molecule has 8 nitrogen and oxygen atoms in total. The molecule has 3 rings (SSSR count). The van der Waals surface area contributed by atoms with E-state index >= 15 is 0 Å². The Kier molecular flexibility index (Phi) is 4.09. The van der Waals surface area contributed by atoms with Gasteiger partial charge in [-0.05, 0) is 0 Å². The number of aromatic nitrogens is 5. The molecule has 12 heteroatoms. The molecule has 0 bridgehead atoms. The van der Waals surface area contributed by atoms with Crippen LogP contribution in [0, 0.1) is 0 Å². The highest BCUT2D eigenvalue weighted by atomic mass is 32.2. The lowest BCUT2D eigenvalue weighted by Crippen LogP contribution is -2.12. The van der Waals surface area contributed by atoms with E-state index in [4.69, 9.17) is 0 Å². The molecule has 0 atom stereocenters. The number of hydrogen-bond acceptors (Lipinski definition) is 7. The lowest BCUT2D eigenvalue weighted by atomic mass is 10.3. The third-order valence-corrected chi connectivity index (χ3v) is 5.37. The van der Waals surface area contributed by atoms with E-state index < -0.39 is 21.8 Å². The Hall–Kier alpha value is -2.76. The SMILES string of the molecule is CCS(=O)(=O)c1cc(O)cnc1-c1ncc2nc(C(F)(F)F)n(C)c2n1. The molecule has 0 saturated carbocycles. The van der Waals surface area contributed by atoms with Crippen LogP contribution in [-0.4, -0.2) is 43.8 Å². The number of fused-ring (bicyclic) bond motifs is 1. The van der Waals surface area contributed by atoms with Crippen LogP contribution >= 0.6 is 0 Å². The van der Waals surface area contributed by atoms with E-state index in [0.29, 0.717) is 0 Å². The minimum absolute atomic E-state index is 0.0951. The van der Waals surface area contributed by atoms with Crippen LogP contribution in [0.2, 0.25) is 0 Å². The van der Waals surface area contributed by atoms with Gasteiger partial charge in [-0.25, -0.2) is 28.4 Å². The number of rotatable bonds is 3. The number of sulfone groups is 1. The molecule has 0 aliphatic heterocycles. The van der Waals surface area contributed by atoms with Gasteiger partial charge in [-0.15, -0.1) is 0 Å². The third-order valence-electron chi connectivity index (χ3n) is 3.63. The Labute approximate surface area is 145 Å². The standard InChI is InChI=1S/C14H12F3N5O3S/c1-3-26(24,25)9-4-7(23)5-18-10(9)11-19-6-8-12(21-11)22(2)13(20-8)14(15,16)17/h4-6,23H,3H2,1-2H3. The predicted octanol–water partition coefficient (Wildman–Crippen LogP) is 1.94. The van der Waals surface area contributed by atoms with Crippen LogP contribution in [0.15, 0.2) is 23.4 Å². The molecular formula is C14H12F3N5O3S. The first kappa shape index (κ1) is 18.0. The van der Waals surface area contributed by atoms with Crippen molar-refractivity contribution in [3.8, 4) is 17.3 Å². The summed E-state index contributed by atoms with van der Waals surface area (Å²) in [6.45, 7) is 1.41. The van der Waals surface area contributed by atoms with Gasteiger partial charge in [0.15, 0.2) is 21.3 Å². The number of hydrogen-bond donors (Lipinski definition) is 1. The van der Waals surface area contributed by atoms with Gasteiger partial charge in [-0.3, -0.25) is 0 Å². The Morgan fingerprint density at radius 3 is 2.50 bits per heavy atom. The molecule has 1 N–H and O–H groups in total. The van der Waals surface area contributed by atoms with Crippen LogP contribution in [0.5, 0.6) is 5.75 Å². The average molecular weight is 387 g/mol. The molecule has 0 saturated heterocycles. The number of halogens is 3. The second kappa shape index (κ2) is 5.90.